The minimum Gasteiger partial charge on any atom is -0.377 e. The molecule has 0 aromatic heterocycles. The Hall–Kier alpha value is -0.570. The third-order valence-corrected chi connectivity index (χ3v) is 3.34. The maximum absolute atomic E-state index is 5.59. The van der Waals surface area contributed by atoms with Gasteiger partial charge in [0, 0.05) is 19.7 Å². The zero-order chi connectivity index (χ0) is 11.4. The van der Waals surface area contributed by atoms with Crippen LogP contribution in [0, 0.1) is 13.8 Å². The van der Waals surface area contributed by atoms with Crippen LogP contribution < -0.4 is 5.32 Å². The number of nitrogens with one attached hydrogen (secondary N) is 1. The molecule has 0 spiro atoms. The third kappa shape index (κ3) is 3.98. The topological polar surface area (TPSA) is 21.3 Å². The molecule has 1 aromatic carbocycles. The largest absolute Gasteiger partial charge is 0.377 e. The Morgan fingerprint density at radius 1 is 1.29 bits per heavy atom. The lowest BCUT2D eigenvalue weighted by molar-refractivity contribution is 0.110. The zero-order valence-corrected chi connectivity index (χ0v) is 11.5. The Kier molecular flexibility index (Phi) is 5.96. The lowest BCUT2D eigenvalue weighted by Gasteiger charge is -2.13. The lowest BCUT2D eigenvalue weighted by atomic mass is 10.0. The second kappa shape index (κ2) is 7.00. The van der Waals surface area contributed by atoms with Crippen LogP contribution >= 0.6 is 12.4 Å². The van der Waals surface area contributed by atoms with Crippen LogP contribution in [0.25, 0.3) is 0 Å². The van der Waals surface area contributed by atoms with E-state index < -0.39 is 0 Å². The second-order valence-corrected chi connectivity index (χ2v) is 4.64. The van der Waals surface area contributed by atoms with Gasteiger partial charge in [0.25, 0.3) is 0 Å². The summed E-state index contributed by atoms with van der Waals surface area (Å²) in [7, 11) is 0. The molecule has 2 rings (SSSR count). The molecule has 1 atom stereocenters. The summed E-state index contributed by atoms with van der Waals surface area (Å²) in [5.41, 5.74) is 4.18. The predicted molar refractivity (Wildman–Crippen MR) is 73.8 cm³/mol. The summed E-state index contributed by atoms with van der Waals surface area (Å²) < 4.78 is 5.59. The molecular weight excluding hydrogens is 234 g/mol. The quantitative estimate of drug-likeness (QED) is 0.893. The van der Waals surface area contributed by atoms with Gasteiger partial charge in [-0.15, -0.1) is 12.4 Å². The average molecular weight is 256 g/mol. The molecule has 1 fully saturated rings. The van der Waals surface area contributed by atoms with Crippen LogP contribution in [-0.4, -0.2) is 19.3 Å². The first-order valence-electron chi connectivity index (χ1n) is 6.15. The van der Waals surface area contributed by atoms with Crippen molar-refractivity contribution in [3.63, 3.8) is 0 Å². The first-order chi connectivity index (χ1) is 7.77. The molecule has 1 aromatic rings. The molecule has 1 heterocycles. The van der Waals surface area contributed by atoms with Crippen molar-refractivity contribution >= 4 is 12.4 Å². The van der Waals surface area contributed by atoms with E-state index >= 15 is 0 Å². The molecule has 96 valence electrons. The molecule has 1 aliphatic heterocycles. The Bertz CT molecular complexity index is 328. The fourth-order valence-electron chi connectivity index (χ4n) is 2.29. The second-order valence-electron chi connectivity index (χ2n) is 4.64. The predicted octanol–water partition coefficient (Wildman–Crippen LogP) is 2.99. The molecule has 0 saturated carbocycles. The maximum atomic E-state index is 5.59. The van der Waals surface area contributed by atoms with E-state index in [2.05, 4.69) is 37.4 Å². The van der Waals surface area contributed by atoms with Gasteiger partial charge >= 0.3 is 0 Å². The lowest BCUT2D eigenvalue weighted by Crippen LogP contribution is -2.26. The summed E-state index contributed by atoms with van der Waals surface area (Å²) in [6, 6.07) is 6.47. The Morgan fingerprint density at radius 2 is 2.00 bits per heavy atom. The van der Waals surface area contributed by atoms with Crippen molar-refractivity contribution in [1.82, 2.24) is 5.32 Å². The summed E-state index contributed by atoms with van der Waals surface area (Å²) >= 11 is 0. The van der Waals surface area contributed by atoms with Crippen LogP contribution in [0.5, 0.6) is 0 Å². The molecule has 0 amide bonds. The van der Waals surface area contributed by atoms with Crippen LogP contribution in [-0.2, 0) is 11.3 Å². The number of ether oxygens (including phenoxy) is 1. The van der Waals surface area contributed by atoms with Gasteiger partial charge in [0.05, 0.1) is 6.10 Å². The van der Waals surface area contributed by atoms with Crippen molar-refractivity contribution in [1.29, 1.82) is 0 Å². The van der Waals surface area contributed by atoms with Gasteiger partial charge in [0.1, 0.15) is 0 Å². The van der Waals surface area contributed by atoms with E-state index in [-0.39, 0.29) is 12.4 Å². The fraction of sp³-hybridized carbons (Fsp3) is 0.571. The first kappa shape index (κ1) is 14.5. The van der Waals surface area contributed by atoms with Gasteiger partial charge < -0.3 is 10.1 Å². The van der Waals surface area contributed by atoms with Gasteiger partial charge in [0.2, 0.25) is 0 Å². The van der Waals surface area contributed by atoms with Crippen molar-refractivity contribution in [2.45, 2.75) is 39.3 Å². The molecule has 0 radical (unpaired) electrons. The summed E-state index contributed by atoms with van der Waals surface area (Å²) in [6.45, 7) is 7.23. The molecule has 2 nitrogen and oxygen atoms in total. The summed E-state index contributed by atoms with van der Waals surface area (Å²) in [5, 5.41) is 3.50. The van der Waals surface area contributed by atoms with Crippen molar-refractivity contribution < 1.29 is 4.74 Å². The Morgan fingerprint density at radius 3 is 2.59 bits per heavy atom. The summed E-state index contributed by atoms with van der Waals surface area (Å²) in [6.07, 6.45) is 2.86. The Balaban J connectivity index is 0.00000144. The SMILES string of the molecule is Cc1cccc(C)c1CNCC1CCCO1.Cl. The zero-order valence-electron chi connectivity index (χ0n) is 10.7. The average Bonchev–Trinajstić information content (AvgIpc) is 2.75. The number of rotatable bonds is 4. The van der Waals surface area contributed by atoms with E-state index in [0.29, 0.717) is 6.10 Å². The summed E-state index contributed by atoms with van der Waals surface area (Å²) in [4.78, 5) is 0. The molecule has 0 aliphatic carbocycles. The molecule has 1 unspecified atom stereocenters. The van der Waals surface area contributed by atoms with E-state index in [1.165, 1.54) is 29.5 Å². The van der Waals surface area contributed by atoms with Gasteiger partial charge in [0.15, 0.2) is 0 Å². The highest BCUT2D eigenvalue weighted by molar-refractivity contribution is 5.85. The van der Waals surface area contributed by atoms with E-state index in [9.17, 15) is 0 Å². The highest BCUT2D eigenvalue weighted by atomic mass is 35.5. The molecular formula is C14H22ClNO. The third-order valence-electron chi connectivity index (χ3n) is 3.34. The highest BCUT2D eigenvalue weighted by Crippen LogP contribution is 2.14. The summed E-state index contributed by atoms with van der Waals surface area (Å²) in [5.74, 6) is 0. The van der Waals surface area contributed by atoms with E-state index in [0.717, 1.165) is 19.7 Å². The van der Waals surface area contributed by atoms with Crippen LogP contribution in [0.2, 0.25) is 0 Å². The number of aryl methyl sites for hydroxylation is 2. The Labute approximate surface area is 110 Å². The van der Waals surface area contributed by atoms with Crippen LogP contribution in [0.1, 0.15) is 29.5 Å². The molecule has 17 heavy (non-hydrogen) atoms. The molecule has 1 N–H and O–H groups in total. The van der Waals surface area contributed by atoms with E-state index in [1.54, 1.807) is 0 Å². The molecule has 1 saturated heterocycles. The first-order valence-corrected chi connectivity index (χ1v) is 6.15. The van der Waals surface area contributed by atoms with Crippen LogP contribution in [0.3, 0.4) is 0 Å². The molecule has 1 aliphatic rings. The van der Waals surface area contributed by atoms with Crippen molar-refractivity contribution in [2.75, 3.05) is 13.2 Å². The van der Waals surface area contributed by atoms with E-state index in [1.807, 2.05) is 0 Å². The minimum atomic E-state index is 0. The van der Waals surface area contributed by atoms with Crippen molar-refractivity contribution in [3.8, 4) is 0 Å². The number of hydrogen-bond acceptors (Lipinski definition) is 2. The highest BCUT2D eigenvalue weighted by Gasteiger charge is 2.14. The standard InChI is InChI=1S/C14H21NO.ClH/c1-11-5-3-6-12(2)14(11)10-15-9-13-7-4-8-16-13;/h3,5-6,13,15H,4,7-10H2,1-2H3;1H. The number of hydrogen-bond donors (Lipinski definition) is 1. The van der Waals surface area contributed by atoms with Crippen LogP contribution in [0.4, 0.5) is 0 Å². The van der Waals surface area contributed by atoms with Gasteiger partial charge in [-0.2, -0.15) is 0 Å². The number of halogens is 1. The van der Waals surface area contributed by atoms with Gasteiger partial charge in [-0.05, 0) is 43.4 Å². The molecule has 3 heteroatoms. The minimum absolute atomic E-state index is 0. The molecule has 0 bridgehead atoms. The van der Waals surface area contributed by atoms with Crippen LogP contribution in [0.15, 0.2) is 18.2 Å². The maximum Gasteiger partial charge on any atom is 0.0700 e. The smallest absolute Gasteiger partial charge is 0.0700 e. The fourth-order valence-corrected chi connectivity index (χ4v) is 2.29. The number of benzene rings is 1. The van der Waals surface area contributed by atoms with Gasteiger partial charge in [-0.25, -0.2) is 0 Å². The van der Waals surface area contributed by atoms with Gasteiger partial charge in [-0.1, -0.05) is 18.2 Å². The monoisotopic (exact) mass is 255 g/mol. The normalized spacial score (nSPS) is 19.1. The van der Waals surface area contributed by atoms with E-state index in [4.69, 9.17) is 4.74 Å². The van der Waals surface area contributed by atoms with Crippen molar-refractivity contribution in [3.05, 3.63) is 34.9 Å². The van der Waals surface area contributed by atoms with Gasteiger partial charge in [-0.3, -0.25) is 0 Å². The van der Waals surface area contributed by atoms with Crippen molar-refractivity contribution in [2.24, 2.45) is 0 Å².